The number of carboxylic acids is 1. The van der Waals surface area contributed by atoms with Crippen LogP contribution in [0.1, 0.15) is 101 Å². The molecule has 2 aliphatic rings. The molecule has 218 valence electrons. The summed E-state index contributed by atoms with van der Waals surface area (Å²) in [7, 11) is 0. The van der Waals surface area contributed by atoms with Gasteiger partial charge in [0, 0.05) is 38.2 Å². The molecule has 1 aromatic heterocycles. The van der Waals surface area contributed by atoms with Gasteiger partial charge < -0.3 is 10.0 Å². The molecule has 2 aliphatic heterocycles. The minimum absolute atomic E-state index is 0.112. The number of thioether (sulfide) groups is 1. The largest absolute Gasteiger partial charge is 0.481 e. The number of anilines is 1. The quantitative estimate of drug-likeness (QED) is 0.159. The van der Waals surface area contributed by atoms with Gasteiger partial charge in [-0.25, -0.2) is 0 Å². The molecular weight excluding hydrogens is 544 g/mol. The molecular formula is C30H42N4O4S2. The molecule has 0 aliphatic carbocycles. The van der Waals surface area contributed by atoms with E-state index in [9.17, 15) is 19.6 Å². The van der Waals surface area contributed by atoms with Crippen molar-refractivity contribution in [1.82, 2.24) is 9.47 Å². The SMILES string of the molecule is CCn1c(N2CCCC(C)C2)c(/C=C2/SC(=S)N(CCCCCCCCCCC(=O)O)C2=O)c(C)c(C#N)c1=O. The zero-order valence-electron chi connectivity index (χ0n) is 24.0. The average molecular weight is 587 g/mol. The molecule has 0 spiro atoms. The Morgan fingerprint density at radius 3 is 2.40 bits per heavy atom. The van der Waals surface area contributed by atoms with Crippen LogP contribution < -0.4 is 10.5 Å². The lowest BCUT2D eigenvalue weighted by Gasteiger charge is -2.35. The van der Waals surface area contributed by atoms with E-state index >= 15 is 0 Å². The third-order valence-corrected chi connectivity index (χ3v) is 9.17. The number of nitriles is 1. The van der Waals surface area contributed by atoms with Crippen molar-refractivity contribution in [3.8, 4) is 6.07 Å². The molecule has 1 atom stereocenters. The summed E-state index contributed by atoms with van der Waals surface area (Å²) in [5.41, 5.74) is 1.22. The van der Waals surface area contributed by atoms with Crippen LogP contribution >= 0.6 is 24.0 Å². The van der Waals surface area contributed by atoms with E-state index in [-0.39, 0.29) is 23.5 Å². The number of aliphatic carboxylic acids is 1. The Hall–Kier alpha value is -2.64. The summed E-state index contributed by atoms with van der Waals surface area (Å²) in [5, 5.41) is 18.5. The van der Waals surface area contributed by atoms with Gasteiger partial charge in [0.05, 0.1) is 4.91 Å². The van der Waals surface area contributed by atoms with E-state index in [1.54, 1.807) is 16.4 Å². The van der Waals surface area contributed by atoms with Crippen LogP contribution in [-0.4, -0.2) is 50.4 Å². The second-order valence-electron chi connectivity index (χ2n) is 10.9. The lowest BCUT2D eigenvalue weighted by Crippen LogP contribution is -2.40. The Kier molecular flexibility index (Phi) is 12.3. The fraction of sp³-hybridized carbons (Fsp3) is 0.633. The number of unbranched alkanes of at least 4 members (excludes halogenated alkanes) is 7. The molecule has 10 heteroatoms. The van der Waals surface area contributed by atoms with Crippen molar-refractivity contribution in [2.75, 3.05) is 24.5 Å². The van der Waals surface area contributed by atoms with E-state index in [1.807, 2.05) is 13.0 Å². The lowest BCUT2D eigenvalue weighted by atomic mass is 9.98. The van der Waals surface area contributed by atoms with Gasteiger partial charge in [0.25, 0.3) is 11.5 Å². The van der Waals surface area contributed by atoms with E-state index in [4.69, 9.17) is 17.3 Å². The summed E-state index contributed by atoms with van der Waals surface area (Å²) >= 11 is 6.87. The summed E-state index contributed by atoms with van der Waals surface area (Å²) < 4.78 is 2.23. The van der Waals surface area contributed by atoms with E-state index in [2.05, 4.69) is 17.9 Å². The molecule has 1 amide bonds. The number of hydrogen-bond donors (Lipinski definition) is 1. The molecule has 0 bridgehead atoms. The Bertz CT molecular complexity index is 1230. The van der Waals surface area contributed by atoms with E-state index in [0.29, 0.717) is 33.8 Å². The Balaban J connectivity index is 1.70. The number of nitrogens with zero attached hydrogens (tertiary/aromatic N) is 4. The number of carbonyl (C=O) groups is 2. The smallest absolute Gasteiger partial charge is 0.303 e. The standard InChI is InChI=1S/C30H42N4O4S2/c1-4-33-27(32-16-13-14-21(2)20-32)23(22(3)24(19-31)28(33)37)18-25-29(38)34(30(39)40-25)17-12-10-8-6-5-7-9-11-15-26(35)36/h18,21H,4-17,20H2,1-3H3,(H,35,36)/b25-18+. The van der Waals surface area contributed by atoms with Gasteiger partial charge in [-0.05, 0) is 57.1 Å². The fourth-order valence-corrected chi connectivity index (χ4v) is 6.88. The monoisotopic (exact) mass is 586 g/mol. The fourth-order valence-electron chi connectivity index (χ4n) is 5.59. The first-order valence-corrected chi connectivity index (χ1v) is 15.8. The first kappa shape index (κ1) is 31.9. The highest BCUT2D eigenvalue weighted by Crippen LogP contribution is 2.37. The van der Waals surface area contributed by atoms with Crippen LogP contribution in [0.4, 0.5) is 5.82 Å². The van der Waals surface area contributed by atoms with Gasteiger partial charge in [0.2, 0.25) is 0 Å². The first-order chi connectivity index (χ1) is 19.2. The molecule has 0 aromatic carbocycles. The van der Waals surface area contributed by atoms with Gasteiger partial charge in [0.15, 0.2) is 0 Å². The summed E-state index contributed by atoms with van der Waals surface area (Å²) in [5.74, 6) is 0.449. The number of aromatic nitrogens is 1. The molecule has 3 heterocycles. The van der Waals surface area contributed by atoms with Crippen molar-refractivity contribution in [2.24, 2.45) is 5.92 Å². The number of amides is 1. The van der Waals surface area contributed by atoms with Crippen molar-refractivity contribution in [2.45, 2.75) is 97.9 Å². The minimum atomic E-state index is -0.727. The van der Waals surface area contributed by atoms with Crippen molar-refractivity contribution < 1.29 is 14.7 Å². The van der Waals surface area contributed by atoms with Crippen LogP contribution in [0.15, 0.2) is 9.70 Å². The van der Waals surface area contributed by atoms with Gasteiger partial charge in [0.1, 0.15) is 21.8 Å². The van der Waals surface area contributed by atoms with Crippen molar-refractivity contribution >= 4 is 52.1 Å². The molecule has 0 radical (unpaired) electrons. The number of thiocarbonyl (C=S) groups is 1. The number of hydrogen-bond acceptors (Lipinski definition) is 7. The van der Waals surface area contributed by atoms with Crippen LogP contribution in [0, 0.1) is 24.2 Å². The van der Waals surface area contributed by atoms with Gasteiger partial charge in [-0.2, -0.15) is 5.26 Å². The van der Waals surface area contributed by atoms with Crippen molar-refractivity contribution in [3.05, 3.63) is 31.9 Å². The molecule has 40 heavy (non-hydrogen) atoms. The summed E-state index contributed by atoms with van der Waals surface area (Å²) in [6, 6.07) is 2.10. The zero-order chi connectivity index (χ0) is 29.2. The highest BCUT2D eigenvalue weighted by Gasteiger charge is 2.33. The second kappa shape index (κ2) is 15.4. The molecule has 8 nitrogen and oxygen atoms in total. The maximum absolute atomic E-state index is 13.4. The summed E-state index contributed by atoms with van der Waals surface area (Å²) in [6.07, 6.45) is 12.2. The number of piperidine rings is 1. The first-order valence-electron chi connectivity index (χ1n) is 14.6. The van der Waals surface area contributed by atoms with Crippen molar-refractivity contribution in [1.29, 1.82) is 5.26 Å². The lowest BCUT2D eigenvalue weighted by molar-refractivity contribution is -0.137. The van der Waals surface area contributed by atoms with Crippen LogP contribution in [0.25, 0.3) is 6.08 Å². The topological polar surface area (TPSA) is 107 Å². The second-order valence-corrected chi connectivity index (χ2v) is 12.6. The maximum Gasteiger partial charge on any atom is 0.303 e. The highest BCUT2D eigenvalue weighted by atomic mass is 32.2. The van der Waals surface area contributed by atoms with E-state index in [1.165, 1.54) is 11.8 Å². The molecule has 2 fully saturated rings. The van der Waals surface area contributed by atoms with E-state index in [0.717, 1.165) is 88.7 Å². The highest BCUT2D eigenvalue weighted by molar-refractivity contribution is 8.26. The van der Waals surface area contributed by atoms with Gasteiger partial charge in [-0.15, -0.1) is 0 Å². The molecule has 1 N–H and O–H groups in total. The minimum Gasteiger partial charge on any atom is -0.481 e. The number of pyridine rings is 1. The average Bonchev–Trinajstić information content (AvgIpc) is 3.18. The van der Waals surface area contributed by atoms with Crippen LogP contribution in [0.5, 0.6) is 0 Å². The van der Waals surface area contributed by atoms with Gasteiger partial charge in [-0.3, -0.25) is 23.9 Å². The molecule has 3 rings (SSSR count). The zero-order valence-corrected chi connectivity index (χ0v) is 25.7. The number of carbonyl (C=O) groups excluding carboxylic acids is 1. The van der Waals surface area contributed by atoms with Crippen LogP contribution in [0.3, 0.4) is 0 Å². The predicted molar refractivity (Wildman–Crippen MR) is 166 cm³/mol. The third-order valence-electron chi connectivity index (χ3n) is 7.79. The summed E-state index contributed by atoms with van der Waals surface area (Å²) in [4.78, 5) is 41.7. The molecule has 0 saturated carbocycles. The normalized spacial score (nSPS) is 18.6. The number of carboxylic acid groups (broad SMARTS) is 1. The third kappa shape index (κ3) is 7.97. The Labute approximate surface area is 247 Å². The van der Waals surface area contributed by atoms with Crippen molar-refractivity contribution in [3.63, 3.8) is 0 Å². The van der Waals surface area contributed by atoms with Crippen LogP contribution in [0.2, 0.25) is 0 Å². The van der Waals surface area contributed by atoms with Gasteiger partial charge >= 0.3 is 5.97 Å². The van der Waals surface area contributed by atoms with Crippen LogP contribution in [-0.2, 0) is 16.1 Å². The number of rotatable bonds is 14. The van der Waals surface area contributed by atoms with E-state index < -0.39 is 5.97 Å². The maximum atomic E-state index is 13.4. The Morgan fingerprint density at radius 2 is 1.80 bits per heavy atom. The van der Waals surface area contributed by atoms with Gasteiger partial charge in [-0.1, -0.05) is 69.4 Å². The molecule has 1 unspecified atom stereocenters. The summed E-state index contributed by atoms with van der Waals surface area (Å²) in [6.45, 7) is 8.61. The predicted octanol–water partition coefficient (Wildman–Crippen LogP) is 6.08. The molecule has 1 aromatic rings. The molecule has 2 saturated heterocycles. The Morgan fingerprint density at radius 1 is 1.15 bits per heavy atom.